The number of carbonyl (C=O) groups excluding carboxylic acids is 6. The molecule has 5 atom stereocenters. The van der Waals surface area contributed by atoms with Gasteiger partial charge in [0.05, 0.1) is 30.8 Å². The van der Waals surface area contributed by atoms with Crippen LogP contribution in [0.25, 0.3) is 6.08 Å². The standard InChI is InChI=1S/C37H31FO10/c38-23-9-7-22(8-10-23)32(40)15-6-21-4-11-24(12-5-21)46-26(20-39)3-1-2-16-45-25-13-14-27-28(30-19-33(41)47-35(30)42)18-31-34(29(27)17-25)37(44)48-36(31)43/h4-15,17,20,26,28,30-31,34H,1-3,16,18-19H2. The fourth-order valence-electron chi connectivity index (χ4n) is 6.45. The van der Waals surface area contributed by atoms with Gasteiger partial charge in [-0.3, -0.25) is 28.8 Å². The van der Waals surface area contributed by atoms with E-state index in [1.54, 1.807) is 48.5 Å². The van der Waals surface area contributed by atoms with Gasteiger partial charge in [-0.05, 0) is 103 Å². The molecular formula is C37H31FO10. The minimum atomic E-state index is -0.806. The number of cyclic esters (lactones) is 4. The third kappa shape index (κ3) is 7.10. The molecule has 2 aliphatic heterocycles. The Bertz CT molecular complexity index is 1780. The number of benzene rings is 3. The molecule has 3 aromatic carbocycles. The molecule has 5 unspecified atom stereocenters. The summed E-state index contributed by atoms with van der Waals surface area (Å²) >= 11 is 0. The second-order valence-electron chi connectivity index (χ2n) is 12.0. The predicted molar refractivity (Wildman–Crippen MR) is 166 cm³/mol. The number of esters is 4. The van der Waals surface area contributed by atoms with Crippen molar-refractivity contribution in [2.24, 2.45) is 11.8 Å². The highest BCUT2D eigenvalue weighted by molar-refractivity contribution is 6.06. The van der Waals surface area contributed by atoms with Crippen molar-refractivity contribution in [1.29, 1.82) is 0 Å². The van der Waals surface area contributed by atoms with Crippen molar-refractivity contribution in [3.63, 3.8) is 0 Å². The molecule has 0 N–H and O–H groups in total. The first-order valence-corrected chi connectivity index (χ1v) is 15.7. The van der Waals surface area contributed by atoms with Crippen LogP contribution in [0.5, 0.6) is 11.5 Å². The monoisotopic (exact) mass is 654 g/mol. The van der Waals surface area contributed by atoms with Gasteiger partial charge in [0.2, 0.25) is 0 Å². The second-order valence-corrected chi connectivity index (χ2v) is 12.0. The smallest absolute Gasteiger partial charge is 0.321 e. The molecule has 1 aliphatic carbocycles. The summed E-state index contributed by atoms with van der Waals surface area (Å²) in [5.41, 5.74) is 2.37. The maximum Gasteiger partial charge on any atom is 0.321 e. The lowest BCUT2D eigenvalue weighted by Crippen LogP contribution is -2.31. The number of aldehydes is 1. The van der Waals surface area contributed by atoms with E-state index in [0.717, 1.165) is 11.8 Å². The maximum absolute atomic E-state index is 13.1. The number of ketones is 1. The Morgan fingerprint density at radius 1 is 0.833 bits per heavy atom. The average molecular weight is 655 g/mol. The van der Waals surface area contributed by atoms with Crippen molar-refractivity contribution in [2.45, 2.75) is 50.0 Å². The normalized spacial score (nSPS) is 22.1. The first-order valence-electron chi connectivity index (χ1n) is 15.7. The average Bonchev–Trinajstić information content (AvgIpc) is 3.58. The van der Waals surface area contributed by atoms with E-state index in [4.69, 9.17) is 18.9 Å². The van der Waals surface area contributed by atoms with Gasteiger partial charge in [-0.2, -0.15) is 0 Å². The van der Waals surface area contributed by atoms with E-state index in [1.165, 1.54) is 30.3 Å². The highest BCUT2D eigenvalue weighted by atomic mass is 19.1. The molecule has 3 aromatic rings. The Balaban J connectivity index is 1.00. The van der Waals surface area contributed by atoms with Gasteiger partial charge in [0.25, 0.3) is 0 Å². The third-order valence-electron chi connectivity index (χ3n) is 8.88. The molecule has 0 radical (unpaired) electrons. The van der Waals surface area contributed by atoms with Gasteiger partial charge in [-0.25, -0.2) is 4.39 Å². The first kappa shape index (κ1) is 32.5. The van der Waals surface area contributed by atoms with Crippen LogP contribution in [0.3, 0.4) is 0 Å². The maximum atomic E-state index is 13.1. The molecule has 246 valence electrons. The summed E-state index contributed by atoms with van der Waals surface area (Å²) < 4.78 is 34.5. The molecule has 2 fully saturated rings. The molecule has 0 saturated carbocycles. The fraction of sp³-hybridized carbons (Fsp3) is 0.297. The molecule has 0 aromatic heterocycles. The quantitative estimate of drug-likeness (QED) is 0.0598. The van der Waals surface area contributed by atoms with Gasteiger partial charge in [-0.15, -0.1) is 0 Å². The topological polar surface area (TPSA) is 139 Å². The largest absolute Gasteiger partial charge is 0.494 e. The van der Waals surface area contributed by atoms with Crippen LogP contribution in [0.1, 0.15) is 71.0 Å². The van der Waals surface area contributed by atoms with Crippen LogP contribution in [0.15, 0.2) is 72.8 Å². The molecule has 0 bridgehead atoms. The fourth-order valence-corrected chi connectivity index (χ4v) is 6.45. The Hall–Kier alpha value is -5.45. The minimum Gasteiger partial charge on any atom is -0.494 e. The second kappa shape index (κ2) is 14.1. The van der Waals surface area contributed by atoms with E-state index in [2.05, 4.69) is 0 Å². The summed E-state index contributed by atoms with van der Waals surface area (Å²) in [5.74, 6) is -4.99. The van der Waals surface area contributed by atoms with Crippen LogP contribution in [0.4, 0.5) is 4.39 Å². The van der Waals surface area contributed by atoms with Crippen molar-refractivity contribution in [2.75, 3.05) is 6.61 Å². The van der Waals surface area contributed by atoms with Crippen molar-refractivity contribution in [3.05, 3.63) is 101 Å². The van der Waals surface area contributed by atoms with E-state index in [0.29, 0.717) is 54.1 Å². The molecule has 2 saturated heterocycles. The zero-order valence-electron chi connectivity index (χ0n) is 25.7. The minimum absolute atomic E-state index is 0.0854. The number of allylic oxidation sites excluding steroid dienone is 1. The van der Waals surface area contributed by atoms with Gasteiger partial charge in [0.15, 0.2) is 18.2 Å². The number of hydrogen-bond acceptors (Lipinski definition) is 10. The number of halogens is 1. The third-order valence-corrected chi connectivity index (χ3v) is 8.88. The van der Waals surface area contributed by atoms with E-state index < -0.39 is 59.5 Å². The van der Waals surface area contributed by atoms with Gasteiger partial charge in [-0.1, -0.05) is 24.3 Å². The molecule has 10 nitrogen and oxygen atoms in total. The number of fused-ring (bicyclic) bond motifs is 3. The molecule has 3 aliphatic rings. The number of ether oxygens (including phenoxy) is 4. The van der Waals surface area contributed by atoms with Crippen LogP contribution in [0.2, 0.25) is 0 Å². The first-order chi connectivity index (χ1) is 23.2. The number of rotatable bonds is 13. The molecule has 6 rings (SSSR count). The highest BCUT2D eigenvalue weighted by Gasteiger charge is 2.53. The van der Waals surface area contributed by atoms with E-state index in [1.807, 2.05) is 0 Å². The van der Waals surface area contributed by atoms with Crippen molar-refractivity contribution < 1.29 is 52.1 Å². The van der Waals surface area contributed by atoms with Crippen molar-refractivity contribution in [3.8, 4) is 11.5 Å². The lowest BCUT2D eigenvalue weighted by molar-refractivity contribution is -0.155. The molecular weight excluding hydrogens is 623 g/mol. The molecule has 0 spiro atoms. The van der Waals surface area contributed by atoms with E-state index >= 15 is 0 Å². The summed E-state index contributed by atoms with van der Waals surface area (Å²) in [4.78, 5) is 73.2. The number of hydrogen-bond donors (Lipinski definition) is 0. The molecule has 2 heterocycles. The Morgan fingerprint density at radius 2 is 1.56 bits per heavy atom. The lowest BCUT2D eigenvalue weighted by Gasteiger charge is -2.33. The van der Waals surface area contributed by atoms with Crippen LogP contribution in [0, 0.1) is 17.7 Å². The summed E-state index contributed by atoms with van der Waals surface area (Å²) in [6, 6.07) is 17.4. The SMILES string of the molecule is O=CC(CCCCOc1ccc2c(c1)C1C(=O)OC(=O)C1CC2C1CC(=O)OC1=O)Oc1ccc(C=CC(=O)c2ccc(F)cc2)cc1. The van der Waals surface area contributed by atoms with Gasteiger partial charge in [0, 0.05) is 5.56 Å². The zero-order valence-corrected chi connectivity index (χ0v) is 25.7. The number of carbonyl (C=O) groups is 6. The number of unbranched alkanes of at least 4 members (excludes halogenated alkanes) is 1. The van der Waals surface area contributed by atoms with Crippen LogP contribution < -0.4 is 9.47 Å². The molecule has 0 amide bonds. The zero-order chi connectivity index (χ0) is 33.8. The van der Waals surface area contributed by atoms with Gasteiger partial charge < -0.3 is 18.9 Å². The molecule has 48 heavy (non-hydrogen) atoms. The van der Waals surface area contributed by atoms with Crippen LogP contribution >= 0.6 is 0 Å². The van der Waals surface area contributed by atoms with Crippen molar-refractivity contribution in [1.82, 2.24) is 0 Å². The van der Waals surface area contributed by atoms with Crippen LogP contribution in [-0.4, -0.2) is 48.7 Å². The van der Waals surface area contributed by atoms with E-state index in [9.17, 15) is 33.2 Å². The summed E-state index contributed by atoms with van der Waals surface area (Å²) in [6.07, 6.45) is 4.88. The van der Waals surface area contributed by atoms with Gasteiger partial charge >= 0.3 is 23.9 Å². The van der Waals surface area contributed by atoms with Crippen LogP contribution in [-0.2, 0) is 33.4 Å². The van der Waals surface area contributed by atoms with E-state index in [-0.39, 0.29) is 18.6 Å². The lowest BCUT2D eigenvalue weighted by atomic mass is 9.67. The Labute approximate surface area is 274 Å². The highest BCUT2D eigenvalue weighted by Crippen LogP contribution is 2.51. The Kier molecular flexibility index (Phi) is 9.56. The molecule has 11 heteroatoms. The summed E-state index contributed by atoms with van der Waals surface area (Å²) in [7, 11) is 0. The summed E-state index contributed by atoms with van der Waals surface area (Å²) in [6.45, 7) is 0.312. The summed E-state index contributed by atoms with van der Waals surface area (Å²) in [5, 5.41) is 0. The van der Waals surface area contributed by atoms with Crippen molar-refractivity contribution >= 4 is 42.0 Å². The predicted octanol–water partition coefficient (Wildman–Crippen LogP) is 5.28. The van der Waals surface area contributed by atoms with Gasteiger partial charge in [0.1, 0.15) is 17.3 Å². The Morgan fingerprint density at radius 3 is 2.27 bits per heavy atom.